The van der Waals surface area contributed by atoms with Crippen LogP contribution in [0.25, 0.3) is 0 Å². The topological polar surface area (TPSA) is 68.5 Å². The molecule has 0 aliphatic rings. The number of hydrogen-bond acceptors (Lipinski definition) is 5. The molecule has 0 unspecified atom stereocenters. The molecule has 0 bridgehead atoms. The highest BCUT2D eigenvalue weighted by Crippen LogP contribution is 2.13. The van der Waals surface area contributed by atoms with E-state index in [2.05, 4.69) is 25.5 Å². The summed E-state index contributed by atoms with van der Waals surface area (Å²) in [5, 5.41) is 10.8. The SMILES string of the molecule is Clc1nccnc1NCCn1cnnc1. The Labute approximate surface area is 91.3 Å². The summed E-state index contributed by atoms with van der Waals surface area (Å²) in [5.41, 5.74) is 0. The number of rotatable bonds is 4. The molecular formula is C8H9ClN6. The molecule has 0 saturated heterocycles. The fourth-order valence-corrected chi connectivity index (χ4v) is 1.25. The Morgan fingerprint density at radius 1 is 1.20 bits per heavy atom. The maximum Gasteiger partial charge on any atom is 0.171 e. The largest absolute Gasteiger partial charge is 0.366 e. The van der Waals surface area contributed by atoms with E-state index in [1.807, 2.05) is 4.57 Å². The molecule has 0 saturated carbocycles. The molecule has 6 nitrogen and oxygen atoms in total. The summed E-state index contributed by atoms with van der Waals surface area (Å²) < 4.78 is 1.86. The molecule has 0 aliphatic carbocycles. The Hall–Kier alpha value is -1.69. The molecule has 0 radical (unpaired) electrons. The van der Waals surface area contributed by atoms with Crippen molar-refractivity contribution in [3.63, 3.8) is 0 Å². The fourth-order valence-electron chi connectivity index (χ4n) is 1.08. The molecule has 0 spiro atoms. The van der Waals surface area contributed by atoms with Crippen LogP contribution in [0.3, 0.4) is 0 Å². The Bertz CT molecular complexity index is 415. The van der Waals surface area contributed by atoms with Crippen LogP contribution in [0.5, 0.6) is 0 Å². The second kappa shape index (κ2) is 4.70. The predicted octanol–water partition coefficient (Wildman–Crippen LogP) is 0.834. The van der Waals surface area contributed by atoms with Crippen molar-refractivity contribution < 1.29 is 0 Å². The number of halogens is 1. The molecule has 1 N–H and O–H groups in total. The van der Waals surface area contributed by atoms with Crippen molar-refractivity contribution in [3.05, 3.63) is 30.2 Å². The minimum atomic E-state index is 0.376. The van der Waals surface area contributed by atoms with E-state index in [0.717, 1.165) is 6.54 Å². The average Bonchev–Trinajstić information content (AvgIpc) is 2.74. The molecule has 7 heteroatoms. The molecular weight excluding hydrogens is 216 g/mol. The van der Waals surface area contributed by atoms with Gasteiger partial charge in [0, 0.05) is 25.5 Å². The van der Waals surface area contributed by atoms with Crippen molar-refractivity contribution in [2.75, 3.05) is 11.9 Å². The van der Waals surface area contributed by atoms with Gasteiger partial charge in [0.1, 0.15) is 12.7 Å². The molecule has 0 fully saturated rings. The van der Waals surface area contributed by atoms with E-state index in [9.17, 15) is 0 Å². The number of nitrogens with one attached hydrogen (secondary N) is 1. The molecule has 2 rings (SSSR count). The van der Waals surface area contributed by atoms with Gasteiger partial charge in [0.2, 0.25) is 0 Å². The third kappa shape index (κ3) is 2.63. The minimum absolute atomic E-state index is 0.376. The van der Waals surface area contributed by atoms with Gasteiger partial charge in [0.25, 0.3) is 0 Å². The van der Waals surface area contributed by atoms with Crippen molar-refractivity contribution in [2.45, 2.75) is 6.54 Å². The summed E-state index contributed by atoms with van der Waals surface area (Å²) in [4.78, 5) is 7.95. The van der Waals surface area contributed by atoms with Crippen LogP contribution in [0.4, 0.5) is 5.82 Å². The lowest BCUT2D eigenvalue weighted by Gasteiger charge is -2.05. The van der Waals surface area contributed by atoms with Crippen molar-refractivity contribution >= 4 is 17.4 Å². The van der Waals surface area contributed by atoms with Gasteiger partial charge in [-0.15, -0.1) is 10.2 Å². The summed E-state index contributed by atoms with van der Waals surface area (Å²) >= 11 is 5.82. The summed E-state index contributed by atoms with van der Waals surface area (Å²) in [5.74, 6) is 0.590. The highest BCUT2D eigenvalue weighted by Gasteiger charge is 2.00. The number of hydrogen-bond donors (Lipinski definition) is 1. The zero-order valence-electron chi connectivity index (χ0n) is 7.84. The highest BCUT2D eigenvalue weighted by atomic mass is 35.5. The van der Waals surface area contributed by atoms with Crippen LogP contribution >= 0.6 is 11.6 Å². The fraction of sp³-hybridized carbons (Fsp3) is 0.250. The Balaban J connectivity index is 1.86. The molecule has 0 amide bonds. The third-order valence-corrected chi connectivity index (χ3v) is 2.06. The first-order valence-electron chi connectivity index (χ1n) is 4.39. The monoisotopic (exact) mass is 224 g/mol. The lowest BCUT2D eigenvalue weighted by atomic mass is 10.5. The summed E-state index contributed by atoms with van der Waals surface area (Å²) in [7, 11) is 0. The van der Waals surface area contributed by atoms with Gasteiger partial charge in [0.15, 0.2) is 11.0 Å². The highest BCUT2D eigenvalue weighted by molar-refractivity contribution is 6.31. The van der Waals surface area contributed by atoms with Crippen LogP contribution in [0.1, 0.15) is 0 Å². The van der Waals surface area contributed by atoms with Gasteiger partial charge in [-0.1, -0.05) is 11.6 Å². The second-order valence-corrected chi connectivity index (χ2v) is 3.18. The van der Waals surface area contributed by atoms with Crippen LogP contribution in [-0.2, 0) is 6.54 Å². The average molecular weight is 225 g/mol. The summed E-state index contributed by atoms with van der Waals surface area (Å²) in [6.45, 7) is 1.44. The van der Waals surface area contributed by atoms with E-state index >= 15 is 0 Å². The van der Waals surface area contributed by atoms with Crippen LogP contribution in [0, 0.1) is 0 Å². The van der Waals surface area contributed by atoms with Crippen LogP contribution in [0.15, 0.2) is 25.0 Å². The Morgan fingerprint density at radius 3 is 2.67 bits per heavy atom. The van der Waals surface area contributed by atoms with Gasteiger partial charge in [0.05, 0.1) is 0 Å². The maximum absolute atomic E-state index is 5.82. The first-order chi connectivity index (χ1) is 7.36. The lowest BCUT2D eigenvalue weighted by molar-refractivity contribution is 0.722. The molecule has 15 heavy (non-hydrogen) atoms. The summed E-state index contributed by atoms with van der Waals surface area (Å²) in [6, 6.07) is 0. The Morgan fingerprint density at radius 2 is 1.93 bits per heavy atom. The minimum Gasteiger partial charge on any atom is -0.366 e. The van der Waals surface area contributed by atoms with Gasteiger partial charge in [-0.05, 0) is 0 Å². The van der Waals surface area contributed by atoms with Crippen LogP contribution < -0.4 is 5.32 Å². The molecule has 2 aromatic heterocycles. The van der Waals surface area contributed by atoms with E-state index in [4.69, 9.17) is 11.6 Å². The third-order valence-electron chi connectivity index (χ3n) is 1.78. The normalized spacial score (nSPS) is 10.2. The van der Waals surface area contributed by atoms with Crippen molar-refractivity contribution in [1.29, 1.82) is 0 Å². The first-order valence-corrected chi connectivity index (χ1v) is 4.77. The van der Waals surface area contributed by atoms with E-state index < -0.39 is 0 Å². The van der Waals surface area contributed by atoms with Crippen molar-refractivity contribution in [1.82, 2.24) is 24.7 Å². The first kappa shape index (κ1) is 9.85. The van der Waals surface area contributed by atoms with E-state index in [1.165, 1.54) is 0 Å². The van der Waals surface area contributed by atoms with Crippen LogP contribution in [0.2, 0.25) is 5.15 Å². The number of nitrogens with zero attached hydrogens (tertiary/aromatic N) is 5. The van der Waals surface area contributed by atoms with Crippen molar-refractivity contribution in [3.8, 4) is 0 Å². The quantitative estimate of drug-likeness (QED) is 0.833. The maximum atomic E-state index is 5.82. The van der Waals surface area contributed by atoms with E-state index in [1.54, 1.807) is 25.0 Å². The summed E-state index contributed by atoms with van der Waals surface area (Å²) in [6.07, 6.45) is 6.44. The predicted molar refractivity (Wildman–Crippen MR) is 55.6 cm³/mol. The van der Waals surface area contributed by atoms with Gasteiger partial charge in [-0.2, -0.15) is 0 Å². The smallest absolute Gasteiger partial charge is 0.171 e. The zero-order chi connectivity index (χ0) is 10.5. The lowest BCUT2D eigenvalue weighted by Crippen LogP contribution is -2.10. The van der Waals surface area contributed by atoms with Gasteiger partial charge in [-0.3, -0.25) is 0 Å². The van der Waals surface area contributed by atoms with Gasteiger partial charge < -0.3 is 9.88 Å². The van der Waals surface area contributed by atoms with Gasteiger partial charge in [-0.25, -0.2) is 9.97 Å². The molecule has 78 valence electrons. The molecule has 0 aromatic carbocycles. The molecule has 0 atom stereocenters. The molecule has 2 aromatic rings. The second-order valence-electron chi connectivity index (χ2n) is 2.82. The zero-order valence-corrected chi connectivity index (χ0v) is 8.59. The number of aromatic nitrogens is 5. The van der Waals surface area contributed by atoms with Gasteiger partial charge >= 0.3 is 0 Å². The molecule has 0 aliphatic heterocycles. The standard InChI is InChI=1S/C8H9ClN6/c9-7-8(11-2-1-10-7)12-3-4-15-5-13-14-6-15/h1-2,5-6H,3-4H2,(H,11,12). The van der Waals surface area contributed by atoms with Crippen molar-refractivity contribution in [2.24, 2.45) is 0 Å². The van der Waals surface area contributed by atoms with E-state index in [-0.39, 0.29) is 0 Å². The van der Waals surface area contributed by atoms with Crippen LogP contribution in [-0.4, -0.2) is 31.3 Å². The number of anilines is 1. The Kier molecular flexibility index (Phi) is 3.08. The van der Waals surface area contributed by atoms with E-state index in [0.29, 0.717) is 17.5 Å². The molecule has 2 heterocycles.